The lowest BCUT2D eigenvalue weighted by Gasteiger charge is -2.39. The first-order valence-corrected chi connectivity index (χ1v) is 17.5. The predicted molar refractivity (Wildman–Crippen MR) is 163 cm³/mol. The highest BCUT2D eigenvalue weighted by molar-refractivity contribution is 5.87. The van der Waals surface area contributed by atoms with Gasteiger partial charge in [-0.25, -0.2) is 4.79 Å². The molecule has 3 saturated carbocycles. The van der Waals surface area contributed by atoms with E-state index in [2.05, 4.69) is 6.58 Å². The first-order valence-electron chi connectivity index (χ1n) is 17.5. The summed E-state index contributed by atoms with van der Waals surface area (Å²) in [7, 11) is 0. The van der Waals surface area contributed by atoms with Crippen molar-refractivity contribution in [3.05, 3.63) is 12.2 Å². The van der Waals surface area contributed by atoms with Crippen LogP contribution in [0.1, 0.15) is 180 Å². The maximum absolute atomic E-state index is 13.2. The molecule has 0 unspecified atom stereocenters. The SMILES string of the molecule is C=C(C)C(=O)OC(OC1CCCCCCCCC1)(OC1CCCCCCCCC1)OC1CCCCCCCCC1. The summed E-state index contributed by atoms with van der Waals surface area (Å²) in [6, 6.07) is 0. The van der Waals surface area contributed by atoms with Crippen LogP contribution < -0.4 is 0 Å². The van der Waals surface area contributed by atoms with E-state index in [9.17, 15) is 4.79 Å². The van der Waals surface area contributed by atoms with Crippen molar-refractivity contribution in [2.24, 2.45) is 0 Å². The molecule has 3 rings (SSSR count). The Morgan fingerprint density at radius 3 is 0.925 bits per heavy atom. The predicted octanol–water partition coefficient (Wildman–Crippen LogP) is 10.4. The first kappa shape index (κ1) is 33.6. The van der Waals surface area contributed by atoms with Gasteiger partial charge in [0.15, 0.2) is 0 Å². The molecule has 3 aliphatic rings. The van der Waals surface area contributed by atoms with Gasteiger partial charge in [-0.15, -0.1) is 0 Å². The molecule has 3 aliphatic carbocycles. The molecule has 0 amide bonds. The summed E-state index contributed by atoms with van der Waals surface area (Å²) in [5.41, 5.74) is 0.350. The van der Waals surface area contributed by atoms with Gasteiger partial charge >= 0.3 is 12.1 Å². The van der Waals surface area contributed by atoms with Crippen LogP contribution in [0.15, 0.2) is 12.2 Å². The molecule has 0 bridgehead atoms. The Bertz CT molecular complexity index is 592. The van der Waals surface area contributed by atoms with Crippen LogP contribution in [-0.4, -0.2) is 30.4 Å². The monoisotopic (exact) mass is 562 g/mol. The van der Waals surface area contributed by atoms with Gasteiger partial charge in [-0.1, -0.05) is 141 Å². The summed E-state index contributed by atoms with van der Waals surface area (Å²) < 4.78 is 26.8. The number of esters is 1. The van der Waals surface area contributed by atoms with E-state index >= 15 is 0 Å². The van der Waals surface area contributed by atoms with Crippen molar-refractivity contribution in [2.75, 3.05) is 0 Å². The molecule has 0 aromatic rings. The Hall–Kier alpha value is -0.910. The molecule has 40 heavy (non-hydrogen) atoms. The number of hydrogen-bond donors (Lipinski definition) is 0. The second-order valence-corrected chi connectivity index (χ2v) is 13.0. The lowest BCUT2D eigenvalue weighted by atomic mass is 9.98. The molecule has 232 valence electrons. The van der Waals surface area contributed by atoms with Gasteiger partial charge in [0.25, 0.3) is 0 Å². The third-order valence-electron chi connectivity index (χ3n) is 9.16. The molecule has 0 N–H and O–H groups in total. The van der Waals surface area contributed by atoms with Gasteiger partial charge in [0.05, 0.1) is 18.3 Å². The Balaban J connectivity index is 1.87. The van der Waals surface area contributed by atoms with Crippen LogP contribution in [-0.2, 0) is 23.7 Å². The number of hydrogen-bond acceptors (Lipinski definition) is 5. The fourth-order valence-electron chi connectivity index (χ4n) is 6.64. The van der Waals surface area contributed by atoms with Crippen molar-refractivity contribution < 1.29 is 23.7 Å². The molecule has 0 aromatic heterocycles. The molecule has 0 aliphatic heterocycles. The minimum atomic E-state index is -1.80. The molecule has 0 spiro atoms. The first-order chi connectivity index (χ1) is 19.6. The van der Waals surface area contributed by atoms with E-state index in [-0.39, 0.29) is 18.3 Å². The zero-order valence-corrected chi connectivity index (χ0v) is 26.1. The molecule has 0 saturated heterocycles. The number of carbonyl (C=O) groups excluding carboxylic acids is 1. The van der Waals surface area contributed by atoms with E-state index in [0.717, 1.165) is 77.0 Å². The molecule has 0 aromatic carbocycles. The highest BCUT2D eigenvalue weighted by Gasteiger charge is 2.46. The maximum atomic E-state index is 13.2. The van der Waals surface area contributed by atoms with Gasteiger partial charge < -0.3 is 4.74 Å². The number of ether oxygens (including phenoxy) is 4. The molecular formula is C35H62O5. The lowest BCUT2D eigenvalue weighted by Crippen LogP contribution is -2.51. The van der Waals surface area contributed by atoms with Crippen LogP contribution in [0.25, 0.3) is 0 Å². The second kappa shape index (κ2) is 20.1. The quantitative estimate of drug-likeness (QED) is 0.167. The fourth-order valence-corrected chi connectivity index (χ4v) is 6.64. The van der Waals surface area contributed by atoms with Gasteiger partial charge in [0.2, 0.25) is 0 Å². The Labute approximate surface area is 246 Å². The van der Waals surface area contributed by atoms with Gasteiger partial charge in [-0.05, 0) is 45.4 Å². The van der Waals surface area contributed by atoms with Crippen molar-refractivity contribution in [3.63, 3.8) is 0 Å². The van der Waals surface area contributed by atoms with Crippen LogP contribution in [0.3, 0.4) is 0 Å². The Morgan fingerprint density at radius 1 is 0.475 bits per heavy atom. The number of carbonyl (C=O) groups is 1. The van der Waals surface area contributed by atoms with E-state index in [1.54, 1.807) is 6.92 Å². The van der Waals surface area contributed by atoms with Gasteiger partial charge in [0, 0.05) is 5.57 Å². The summed E-state index contributed by atoms with van der Waals surface area (Å²) in [5.74, 6) is -0.486. The summed E-state index contributed by atoms with van der Waals surface area (Å²) in [6.07, 6.45) is 29.7. The summed E-state index contributed by atoms with van der Waals surface area (Å²) in [6.45, 7) is 5.59. The highest BCUT2D eigenvalue weighted by Crippen LogP contribution is 2.34. The molecule has 0 heterocycles. The molecule has 3 fully saturated rings. The van der Waals surface area contributed by atoms with E-state index < -0.39 is 12.1 Å². The van der Waals surface area contributed by atoms with Crippen molar-refractivity contribution in [1.29, 1.82) is 0 Å². The summed E-state index contributed by atoms with van der Waals surface area (Å²) in [5, 5.41) is 0. The summed E-state index contributed by atoms with van der Waals surface area (Å²) in [4.78, 5) is 13.2. The van der Waals surface area contributed by atoms with Gasteiger partial charge in [-0.2, -0.15) is 0 Å². The van der Waals surface area contributed by atoms with E-state index in [4.69, 9.17) is 18.9 Å². The van der Waals surface area contributed by atoms with Crippen LogP contribution in [0.2, 0.25) is 0 Å². The van der Waals surface area contributed by atoms with Crippen molar-refractivity contribution in [1.82, 2.24) is 0 Å². The molecule has 0 atom stereocenters. The normalized spacial score (nSPS) is 23.6. The van der Waals surface area contributed by atoms with E-state index in [0.29, 0.717) is 5.57 Å². The summed E-state index contributed by atoms with van der Waals surface area (Å²) >= 11 is 0. The maximum Gasteiger partial charge on any atom is 0.464 e. The van der Waals surface area contributed by atoms with Crippen LogP contribution in [0, 0.1) is 0 Å². The standard InChI is InChI=1S/C35H62O5/c1-30(2)34(36)40-35(37-31-24-18-12-6-3-7-13-19-25-31,38-32-26-20-14-8-4-9-15-21-27-32)39-33-28-22-16-10-5-11-17-23-29-33/h31-33H,1,3-29H2,2H3. The van der Waals surface area contributed by atoms with Crippen molar-refractivity contribution in [3.8, 4) is 0 Å². The van der Waals surface area contributed by atoms with Gasteiger partial charge in [-0.3, -0.25) is 14.2 Å². The van der Waals surface area contributed by atoms with Gasteiger partial charge in [0.1, 0.15) is 0 Å². The molecule has 5 heteroatoms. The largest absolute Gasteiger partial charge is 0.464 e. The Kier molecular flexibility index (Phi) is 16.9. The second-order valence-electron chi connectivity index (χ2n) is 13.0. The minimum absolute atomic E-state index is 0.0462. The third-order valence-corrected chi connectivity index (χ3v) is 9.16. The lowest BCUT2D eigenvalue weighted by molar-refractivity contribution is -0.511. The minimum Gasteiger partial charge on any atom is -0.380 e. The molecular weight excluding hydrogens is 500 g/mol. The van der Waals surface area contributed by atoms with E-state index in [1.165, 1.54) is 96.3 Å². The molecule has 5 nitrogen and oxygen atoms in total. The van der Waals surface area contributed by atoms with Crippen LogP contribution in [0.5, 0.6) is 0 Å². The van der Waals surface area contributed by atoms with Crippen molar-refractivity contribution >= 4 is 5.97 Å². The van der Waals surface area contributed by atoms with Crippen molar-refractivity contribution in [2.45, 2.75) is 205 Å². The zero-order chi connectivity index (χ0) is 28.3. The van der Waals surface area contributed by atoms with Crippen LogP contribution >= 0.6 is 0 Å². The Morgan fingerprint density at radius 2 is 0.700 bits per heavy atom. The molecule has 0 radical (unpaired) electrons. The van der Waals surface area contributed by atoms with E-state index in [1.807, 2.05) is 0 Å². The average Bonchev–Trinajstić information content (AvgIpc) is 2.95. The average molecular weight is 563 g/mol. The topological polar surface area (TPSA) is 54.0 Å². The third kappa shape index (κ3) is 13.8. The smallest absolute Gasteiger partial charge is 0.380 e. The fraction of sp³-hybridized carbons (Fsp3) is 0.914. The van der Waals surface area contributed by atoms with Crippen LogP contribution in [0.4, 0.5) is 0 Å². The zero-order valence-electron chi connectivity index (χ0n) is 26.1. The highest BCUT2D eigenvalue weighted by atomic mass is 17.0. The number of rotatable bonds is 8.